The molecule has 2 rings (SSSR count). The molecule has 0 aliphatic rings. The Kier molecular flexibility index (Phi) is 30.2. The molecule has 0 aromatic heterocycles. The quantitative estimate of drug-likeness (QED) is 0.0491. The van der Waals surface area contributed by atoms with E-state index in [1.165, 1.54) is 202 Å². The largest absolute Gasteiger partial charge is 0.255 e. The minimum atomic E-state index is 1.01. The zero-order valence-electron chi connectivity index (χ0n) is 36.8. The third-order valence-corrected chi connectivity index (χ3v) is 11.3. The summed E-state index contributed by atoms with van der Waals surface area (Å²) in [5.74, 6) is 0. The molecular weight excluding hydrogens is 653 g/mol. The molecule has 0 amide bonds. The Morgan fingerprint density at radius 3 is 1.00 bits per heavy atom. The van der Waals surface area contributed by atoms with E-state index in [1.54, 1.807) is 0 Å². The molecule has 2 aromatic rings. The predicted octanol–water partition coefficient (Wildman–Crippen LogP) is 17.7. The van der Waals surface area contributed by atoms with Gasteiger partial charge in [0.15, 0.2) is 0 Å². The van der Waals surface area contributed by atoms with Gasteiger partial charge >= 0.3 is 0 Å². The SMILES string of the molecule is CCCCCCCCCCCCCCCCCCC(C=Nc1cc(CCCCC)cc(CCCCC)c1)=Nc1cc(CCCCC)cc(CCCCC)c1. The van der Waals surface area contributed by atoms with Gasteiger partial charge in [-0.2, -0.15) is 0 Å². The second-order valence-electron chi connectivity index (χ2n) is 16.8. The van der Waals surface area contributed by atoms with E-state index in [-0.39, 0.29) is 0 Å². The van der Waals surface area contributed by atoms with E-state index in [1.807, 2.05) is 0 Å². The van der Waals surface area contributed by atoms with Gasteiger partial charge in [-0.1, -0.05) is 194 Å². The first-order valence-corrected chi connectivity index (χ1v) is 24.0. The zero-order valence-corrected chi connectivity index (χ0v) is 36.8. The molecule has 0 atom stereocenters. The summed E-state index contributed by atoms with van der Waals surface area (Å²) >= 11 is 0. The van der Waals surface area contributed by atoms with Crippen LogP contribution in [0.2, 0.25) is 0 Å². The minimum absolute atomic E-state index is 1.01. The first-order valence-electron chi connectivity index (χ1n) is 24.0. The molecule has 0 aliphatic carbocycles. The van der Waals surface area contributed by atoms with Gasteiger partial charge in [-0.3, -0.25) is 9.98 Å². The standard InChI is InChI=1S/C52H88N2/c1-6-11-16-17-18-19-20-21-22-23-24-25-26-27-28-33-38-50(54-52-43-48(36-31-14-9-4)40-49(44-52)37-32-15-10-5)45-53-51-41-46(34-29-12-7-2)39-47(42-51)35-30-13-8-3/h39-45H,6-38H2,1-5H3. The van der Waals surface area contributed by atoms with Crippen LogP contribution in [0.15, 0.2) is 46.4 Å². The lowest BCUT2D eigenvalue weighted by molar-refractivity contribution is 0.530. The zero-order chi connectivity index (χ0) is 38.7. The highest BCUT2D eigenvalue weighted by Crippen LogP contribution is 2.25. The van der Waals surface area contributed by atoms with Crippen LogP contribution in [-0.4, -0.2) is 11.9 Å². The van der Waals surface area contributed by atoms with E-state index in [2.05, 4.69) is 77.2 Å². The van der Waals surface area contributed by atoms with Crippen molar-refractivity contribution >= 4 is 23.3 Å². The molecule has 0 radical (unpaired) electrons. The number of unbranched alkanes of at least 4 members (excludes halogenated alkanes) is 23. The van der Waals surface area contributed by atoms with Crippen LogP contribution in [0.1, 0.15) is 243 Å². The van der Waals surface area contributed by atoms with Crippen LogP contribution in [-0.2, 0) is 25.7 Å². The lowest BCUT2D eigenvalue weighted by Crippen LogP contribution is -2.01. The normalized spacial score (nSPS) is 12.1. The average Bonchev–Trinajstić information content (AvgIpc) is 3.17. The van der Waals surface area contributed by atoms with Crippen LogP contribution in [0, 0.1) is 0 Å². The van der Waals surface area contributed by atoms with E-state index in [4.69, 9.17) is 9.98 Å². The molecule has 0 bridgehead atoms. The lowest BCUT2D eigenvalue weighted by Gasteiger charge is -2.10. The van der Waals surface area contributed by atoms with Crippen LogP contribution < -0.4 is 0 Å². The molecule has 0 unspecified atom stereocenters. The van der Waals surface area contributed by atoms with E-state index < -0.39 is 0 Å². The van der Waals surface area contributed by atoms with Crippen molar-refractivity contribution in [1.82, 2.24) is 0 Å². The average molecular weight is 741 g/mol. The first-order chi connectivity index (χ1) is 26.6. The van der Waals surface area contributed by atoms with Crippen LogP contribution in [0.4, 0.5) is 11.4 Å². The summed E-state index contributed by atoms with van der Waals surface area (Å²) in [4.78, 5) is 10.6. The van der Waals surface area contributed by atoms with Crippen molar-refractivity contribution in [2.45, 2.75) is 247 Å². The van der Waals surface area contributed by atoms with Gasteiger partial charge in [0.2, 0.25) is 0 Å². The highest BCUT2D eigenvalue weighted by Gasteiger charge is 2.07. The van der Waals surface area contributed by atoms with Crippen LogP contribution in [0.5, 0.6) is 0 Å². The van der Waals surface area contributed by atoms with Gasteiger partial charge < -0.3 is 0 Å². The van der Waals surface area contributed by atoms with Crippen molar-refractivity contribution in [3.05, 3.63) is 58.7 Å². The minimum Gasteiger partial charge on any atom is -0.255 e. The van der Waals surface area contributed by atoms with Crippen molar-refractivity contribution in [3.63, 3.8) is 0 Å². The molecule has 306 valence electrons. The maximum atomic E-state index is 5.39. The maximum Gasteiger partial charge on any atom is 0.0639 e. The fourth-order valence-electron chi connectivity index (χ4n) is 7.84. The smallest absolute Gasteiger partial charge is 0.0639 e. The fourth-order valence-corrected chi connectivity index (χ4v) is 7.84. The Morgan fingerprint density at radius 2 is 0.648 bits per heavy atom. The molecule has 0 saturated heterocycles. The van der Waals surface area contributed by atoms with Crippen LogP contribution in [0.25, 0.3) is 0 Å². The predicted molar refractivity (Wildman–Crippen MR) is 245 cm³/mol. The summed E-state index contributed by atoms with van der Waals surface area (Å²) in [6.07, 6.45) is 45.5. The van der Waals surface area contributed by atoms with E-state index in [0.29, 0.717) is 0 Å². The van der Waals surface area contributed by atoms with Crippen molar-refractivity contribution in [2.75, 3.05) is 0 Å². The Balaban J connectivity index is 2.09. The number of rotatable bonds is 36. The van der Waals surface area contributed by atoms with Crippen molar-refractivity contribution in [3.8, 4) is 0 Å². The maximum absolute atomic E-state index is 5.39. The van der Waals surface area contributed by atoms with Crippen molar-refractivity contribution < 1.29 is 0 Å². The summed E-state index contributed by atoms with van der Waals surface area (Å²) in [6, 6.07) is 14.4. The molecule has 0 saturated carbocycles. The Hall–Kier alpha value is -2.22. The highest BCUT2D eigenvalue weighted by atomic mass is 14.8. The lowest BCUT2D eigenvalue weighted by atomic mass is 10.00. The Labute approximate surface area is 337 Å². The molecule has 0 fully saturated rings. The second-order valence-corrected chi connectivity index (χ2v) is 16.8. The molecule has 2 heteroatoms. The monoisotopic (exact) mass is 741 g/mol. The topological polar surface area (TPSA) is 24.7 Å². The summed E-state index contributed by atoms with van der Waals surface area (Å²) in [5, 5.41) is 0. The molecule has 2 aromatic carbocycles. The van der Waals surface area contributed by atoms with Crippen molar-refractivity contribution in [2.24, 2.45) is 9.98 Å². The first kappa shape index (κ1) is 47.9. The van der Waals surface area contributed by atoms with Crippen LogP contribution in [0.3, 0.4) is 0 Å². The summed E-state index contributed by atoms with van der Waals surface area (Å²) in [7, 11) is 0. The fraction of sp³-hybridized carbons (Fsp3) is 0.731. The van der Waals surface area contributed by atoms with Gasteiger partial charge in [0, 0.05) is 6.21 Å². The number of benzene rings is 2. The van der Waals surface area contributed by atoms with Gasteiger partial charge in [0.25, 0.3) is 0 Å². The summed E-state index contributed by atoms with van der Waals surface area (Å²) < 4.78 is 0. The molecule has 54 heavy (non-hydrogen) atoms. The summed E-state index contributed by atoms with van der Waals surface area (Å²) in [5.41, 5.74) is 9.24. The van der Waals surface area contributed by atoms with E-state index in [0.717, 1.165) is 49.2 Å². The molecule has 0 heterocycles. The van der Waals surface area contributed by atoms with Gasteiger partial charge in [0.05, 0.1) is 17.1 Å². The van der Waals surface area contributed by atoms with Gasteiger partial charge in [-0.05, 0) is 111 Å². The van der Waals surface area contributed by atoms with E-state index in [9.17, 15) is 0 Å². The van der Waals surface area contributed by atoms with Gasteiger partial charge in [-0.15, -0.1) is 0 Å². The van der Waals surface area contributed by atoms with Gasteiger partial charge in [-0.25, -0.2) is 0 Å². The van der Waals surface area contributed by atoms with E-state index >= 15 is 0 Å². The molecule has 0 N–H and O–H groups in total. The number of aliphatic imine (C=N–C) groups is 2. The number of hydrogen-bond acceptors (Lipinski definition) is 2. The number of hydrogen-bond donors (Lipinski definition) is 0. The number of nitrogens with zero attached hydrogens (tertiary/aromatic N) is 2. The highest BCUT2D eigenvalue weighted by molar-refractivity contribution is 6.31. The van der Waals surface area contributed by atoms with Crippen molar-refractivity contribution in [1.29, 1.82) is 0 Å². The third-order valence-electron chi connectivity index (χ3n) is 11.3. The van der Waals surface area contributed by atoms with Gasteiger partial charge in [0.1, 0.15) is 0 Å². The molecule has 0 spiro atoms. The Morgan fingerprint density at radius 1 is 0.352 bits per heavy atom. The Bertz CT molecular complexity index is 1170. The molecular formula is C52H88N2. The summed E-state index contributed by atoms with van der Waals surface area (Å²) in [6.45, 7) is 11.5. The van der Waals surface area contributed by atoms with Crippen LogP contribution >= 0.6 is 0 Å². The number of aryl methyl sites for hydroxylation is 4. The molecule has 2 nitrogen and oxygen atoms in total. The molecule has 0 aliphatic heterocycles. The second kappa shape index (κ2) is 34.1. The third kappa shape index (κ3) is 25.0.